The summed E-state index contributed by atoms with van der Waals surface area (Å²) < 4.78 is 65.2. The molecule has 0 aromatic heterocycles. The number of ether oxygens (including phenoxy) is 2. The lowest BCUT2D eigenvalue weighted by Gasteiger charge is -2.38. The number of nitrogens with one attached hydrogen (secondary N) is 2. The van der Waals surface area contributed by atoms with Gasteiger partial charge in [0.05, 0.1) is 22.0 Å². The van der Waals surface area contributed by atoms with Gasteiger partial charge < -0.3 is 19.9 Å². The molecule has 0 amide bonds. The summed E-state index contributed by atoms with van der Waals surface area (Å²) in [6.07, 6.45) is 1.08. The fourth-order valence-electron chi connectivity index (χ4n) is 4.64. The molecule has 2 aromatic carbocycles. The van der Waals surface area contributed by atoms with Crippen molar-refractivity contribution in [1.29, 1.82) is 0 Å². The molecule has 3 N–H and O–H groups in total. The molecule has 10 nitrogen and oxygen atoms in total. The molecular weight excluding hydrogens is 542 g/mol. The lowest BCUT2D eigenvalue weighted by atomic mass is 9.88. The molecule has 0 bridgehead atoms. The number of halogens is 1. The van der Waals surface area contributed by atoms with E-state index in [4.69, 9.17) is 21.1 Å². The summed E-state index contributed by atoms with van der Waals surface area (Å²) in [7, 11) is -5.86. The summed E-state index contributed by atoms with van der Waals surface area (Å²) in [5.41, 5.74) is -0.390. The van der Waals surface area contributed by atoms with Crippen LogP contribution in [0.15, 0.2) is 58.3 Å². The molecular formula is C24H32ClN3O7S2. The number of benzene rings is 2. The van der Waals surface area contributed by atoms with E-state index in [0.717, 1.165) is 6.42 Å². The quantitative estimate of drug-likeness (QED) is 0.390. The van der Waals surface area contributed by atoms with Gasteiger partial charge in [-0.2, -0.15) is 4.31 Å². The highest BCUT2D eigenvalue weighted by molar-refractivity contribution is 7.89. The molecule has 13 heteroatoms. The Morgan fingerprint density at radius 1 is 1.14 bits per heavy atom. The first kappa shape index (κ1) is 28.2. The first-order chi connectivity index (χ1) is 17.5. The van der Waals surface area contributed by atoms with E-state index in [0.29, 0.717) is 43.3 Å². The summed E-state index contributed by atoms with van der Waals surface area (Å²) in [5.74, 6) is 0.345. The molecule has 2 aromatic rings. The number of aliphatic hydroxyl groups excluding tert-OH is 1. The molecule has 0 aliphatic carbocycles. The van der Waals surface area contributed by atoms with Crippen LogP contribution in [0.4, 0.5) is 0 Å². The largest absolute Gasteiger partial charge is 0.491 e. The van der Waals surface area contributed by atoms with Crippen LogP contribution >= 0.6 is 11.6 Å². The Balaban J connectivity index is 1.23. The molecule has 2 heterocycles. The summed E-state index contributed by atoms with van der Waals surface area (Å²) >= 11 is 5.98. The first-order valence-electron chi connectivity index (χ1n) is 12.0. The third kappa shape index (κ3) is 6.82. The highest BCUT2D eigenvalue weighted by Gasteiger charge is 2.44. The van der Waals surface area contributed by atoms with E-state index in [2.05, 4.69) is 10.0 Å². The van der Waals surface area contributed by atoms with E-state index in [1.54, 1.807) is 30.3 Å². The standard InChI is InChI=1S/C24H32ClN3O7S2/c1-26-36(30,31)22-6-3-5-21(13-22)34-17-20(29)15-27-19-14-24(35-16-19)8-10-28(11-9-24)37(32,33)23-7-2-4-18(25)12-23/h2-7,12-13,19-20,26-27,29H,8-11,14-17H2,1H3/t19?,20-/m0/s1. The molecule has 37 heavy (non-hydrogen) atoms. The summed E-state index contributed by atoms with van der Waals surface area (Å²) in [4.78, 5) is 0.273. The molecule has 2 saturated heterocycles. The van der Waals surface area contributed by atoms with Gasteiger partial charge in [0.2, 0.25) is 20.0 Å². The van der Waals surface area contributed by atoms with Gasteiger partial charge in [-0.3, -0.25) is 0 Å². The smallest absolute Gasteiger partial charge is 0.243 e. The lowest BCUT2D eigenvalue weighted by Crippen LogP contribution is -2.47. The fraction of sp³-hybridized carbons (Fsp3) is 0.500. The Hall–Kier alpha value is -1.77. The van der Waals surface area contributed by atoms with Gasteiger partial charge in [0.25, 0.3) is 0 Å². The number of sulfonamides is 2. The Morgan fingerprint density at radius 3 is 2.54 bits per heavy atom. The van der Waals surface area contributed by atoms with Crippen molar-refractivity contribution in [2.24, 2.45) is 0 Å². The van der Waals surface area contributed by atoms with Crippen molar-refractivity contribution in [2.45, 2.75) is 46.8 Å². The zero-order valence-corrected chi connectivity index (χ0v) is 22.9. The van der Waals surface area contributed by atoms with Gasteiger partial charge in [0, 0.05) is 36.8 Å². The highest BCUT2D eigenvalue weighted by atomic mass is 35.5. The Morgan fingerprint density at radius 2 is 1.84 bits per heavy atom. The van der Waals surface area contributed by atoms with E-state index < -0.39 is 31.8 Å². The second-order valence-corrected chi connectivity index (χ2v) is 13.6. The molecule has 4 rings (SSSR count). The molecule has 204 valence electrons. The Kier molecular flexibility index (Phi) is 8.81. The maximum atomic E-state index is 13.0. The van der Waals surface area contributed by atoms with Gasteiger partial charge in [0.1, 0.15) is 18.5 Å². The molecule has 0 saturated carbocycles. The van der Waals surface area contributed by atoms with Crippen LogP contribution in [0.5, 0.6) is 5.75 Å². The third-order valence-electron chi connectivity index (χ3n) is 6.75. The van der Waals surface area contributed by atoms with Crippen LogP contribution < -0.4 is 14.8 Å². The minimum absolute atomic E-state index is 0.00883. The van der Waals surface area contributed by atoms with Crippen LogP contribution in [-0.4, -0.2) is 83.9 Å². The first-order valence-corrected chi connectivity index (χ1v) is 15.3. The average Bonchev–Trinajstić information content (AvgIpc) is 3.28. The van der Waals surface area contributed by atoms with Crippen molar-refractivity contribution in [3.8, 4) is 5.75 Å². The predicted molar refractivity (Wildman–Crippen MR) is 139 cm³/mol. The van der Waals surface area contributed by atoms with Gasteiger partial charge in [-0.1, -0.05) is 23.7 Å². The molecule has 2 aliphatic rings. The number of rotatable bonds is 10. The van der Waals surface area contributed by atoms with Crippen molar-refractivity contribution in [3.63, 3.8) is 0 Å². The Labute approximate surface area is 223 Å². The minimum atomic E-state index is -3.61. The SMILES string of the molecule is CNS(=O)(=O)c1cccc(OC[C@@H](O)CNC2COC3(CCN(S(=O)(=O)c4cccc(Cl)c4)CC3)C2)c1. The zero-order valence-electron chi connectivity index (χ0n) is 20.5. The van der Waals surface area contributed by atoms with Crippen molar-refractivity contribution in [3.05, 3.63) is 53.6 Å². The number of piperidine rings is 1. The average molecular weight is 574 g/mol. The summed E-state index contributed by atoms with van der Waals surface area (Å²) in [6.45, 7) is 1.46. The number of nitrogens with zero attached hydrogens (tertiary/aromatic N) is 1. The van der Waals surface area contributed by atoms with E-state index in [9.17, 15) is 21.9 Å². The summed E-state index contributed by atoms with van der Waals surface area (Å²) in [6, 6.07) is 12.4. The van der Waals surface area contributed by atoms with Crippen LogP contribution in [0.25, 0.3) is 0 Å². The highest BCUT2D eigenvalue weighted by Crippen LogP contribution is 2.37. The molecule has 1 spiro atoms. The molecule has 1 unspecified atom stereocenters. The molecule has 0 radical (unpaired) electrons. The normalized spacial score (nSPS) is 21.2. The molecule has 2 fully saturated rings. The van der Waals surface area contributed by atoms with Crippen LogP contribution in [0.3, 0.4) is 0 Å². The van der Waals surface area contributed by atoms with E-state index in [1.165, 1.54) is 29.6 Å². The molecule has 2 aliphatic heterocycles. The summed E-state index contributed by atoms with van der Waals surface area (Å²) in [5, 5.41) is 14.0. The van der Waals surface area contributed by atoms with Gasteiger partial charge in [-0.15, -0.1) is 0 Å². The van der Waals surface area contributed by atoms with Crippen LogP contribution in [0.2, 0.25) is 5.02 Å². The van der Waals surface area contributed by atoms with Crippen LogP contribution in [0, 0.1) is 0 Å². The zero-order chi connectivity index (χ0) is 26.7. The van der Waals surface area contributed by atoms with Gasteiger partial charge in [-0.25, -0.2) is 21.6 Å². The van der Waals surface area contributed by atoms with Crippen LogP contribution in [0.1, 0.15) is 19.3 Å². The molecule has 2 atom stereocenters. The van der Waals surface area contributed by atoms with E-state index >= 15 is 0 Å². The van der Waals surface area contributed by atoms with Gasteiger partial charge in [-0.05, 0) is 56.6 Å². The minimum Gasteiger partial charge on any atom is -0.491 e. The van der Waals surface area contributed by atoms with Crippen molar-refractivity contribution < 1.29 is 31.4 Å². The van der Waals surface area contributed by atoms with Gasteiger partial charge >= 0.3 is 0 Å². The second-order valence-electron chi connectivity index (χ2n) is 9.31. The number of hydrogen-bond donors (Lipinski definition) is 3. The number of aliphatic hydroxyl groups is 1. The number of hydrogen-bond acceptors (Lipinski definition) is 8. The van der Waals surface area contributed by atoms with E-state index in [-0.39, 0.29) is 29.0 Å². The fourth-order valence-corrected chi connectivity index (χ4v) is 7.15. The topological polar surface area (TPSA) is 134 Å². The predicted octanol–water partition coefficient (Wildman–Crippen LogP) is 1.59. The maximum absolute atomic E-state index is 13.0. The van der Waals surface area contributed by atoms with Crippen molar-refractivity contribution in [1.82, 2.24) is 14.3 Å². The van der Waals surface area contributed by atoms with Crippen molar-refractivity contribution in [2.75, 3.05) is 39.9 Å². The van der Waals surface area contributed by atoms with E-state index in [1.807, 2.05) is 0 Å². The lowest BCUT2D eigenvalue weighted by molar-refractivity contribution is -0.0312. The Bertz CT molecular complexity index is 1300. The van der Waals surface area contributed by atoms with Crippen LogP contribution in [-0.2, 0) is 24.8 Å². The monoisotopic (exact) mass is 573 g/mol. The second kappa shape index (κ2) is 11.5. The third-order valence-corrected chi connectivity index (χ3v) is 10.3. The van der Waals surface area contributed by atoms with Crippen molar-refractivity contribution >= 4 is 31.6 Å². The van der Waals surface area contributed by atoms with Gasteiger partial charge in [0.15, 0.2) is 0 Å². The maximum Gasteiger partial charge on any atom is 0.243 e.